The number of nitrogens with two attached hydrogens (primary N) is 1. The summed E-state index contributed by atoms with van der Waals surface area (Å²) in [5, 5.41) is 0. The van der Waals surface area contributed by atoms with Gasteiger partial charge in [-0.3, -0.25) is 0 Å². The molecule has 0 aliphatic rings. The Labute approximate surface area is 108 Å². The van der Waals surface area contributed by atoms with E-state index in [1.807, 2.05) is 12.4 Å². The number of aromatic nitrogens is 1. The number of rotatable bonds is 4. The molecule has 0 aliphatic heterocycles. The molecule has 0 bridgehead atoms. The van der Waals surface area contributed by atoms with Gasteiger partial charge in [0.15, 0.2) is 0 Å². The van der Waals surface area contributed by atoms with Crippen molar-refractivity contribution in [3.63, 3.8) is 0 Å². The molecule has 1 heterocycles. The summed E-state index contributed by atoms with van der Waals surface area (Å²) in [6.07, 6.45) is 3.92. The predicted octanol–water partition coefficient (Wildman–Crippen LogP) is 2.73. The van der Waals surface area contributed by atoms with Crippen LogP contribution >= 0.6 is 0 Å². The van der Waals surface area contributed by atoms with E-state index < -0.39 is 0 Å². The van der Waals surface area contributed by atoms with Gasteiger partial charge < -0.3 is 15.5 Å². The van der Waals surface area contributed by atoms with Crippen LogP contribution in [0.25, 0.3) is 0 Å². The fourth-order valence-electron chi connectivity index (χ4n) is 2.53. The van der Waals surface area contributed by atoms with E-state index in [1.54, 1.807) is 7.11 Å². The lowest BCUT2D eigenvalue weighted by Crippen LogP contribution is -2.15. The van der Waals surface area contributed by atoms with Crippen LogP contribution in [0.5, 0.6) is 5.75 Å². The Morgan fingerprint density at radius 1 is 1.33 bits per heavy atom. The molecule has 1 unspecified atom stereocenters. The maximum absolute atomic E-state index is 5.96. The average Bonchev–Trinajstić information content (AvgIpc) is 2.85. The molecule has 1 atom stereocenters. The largest absolute Gasteiger partial charge is 0.496 e. The molecule has 1 aromatic carbocycles. The molecule has 0 radical (unpaired) electrons. The number of benzene rings is 1. The van der Waals surface area contributed by atoms with Crippen LogP contribution in [-0.2, 0) is 0 Å². The molecule has 1 aromatic heterocycles. The summed E-state index contributed by atoms with van der Waals surface area (Å²) in [5.41, 5.74) is 10.8. The van der Waals surface area contributed by atoms with Crippen LogP contribution in [0.15, 0.2) is 30.6 Å². The van der Waals surface area contributed by atoms with Gasteiger partial charge in [0.2, 0.25) is 0 Å². The van der Waals surface area contributed by atoms with E-state index in [2.05, 4.69) is 37.0 Å². The second kappa shape index (κ2) is 5.27. The fraction of sp³-hybridized carbons (Fsp3) is 0.333. The number of hydrogen-bond acceptors (Lipinski definition) is 2. The van der Waals surface area contributed by atoms with Crippen LogP contribution in [0.1, 0.15) is 28.2 Å². The van der Waals surface area contributed by atoms with Gasteiger partial charge in [-0.1, -0.05) is 6.07 Å². The van der Waals surface area contributed by atoms with E-state index in [9.17, 15) is 0 Å². The maximum atomic E-state index is 5.96. The van der Waals surface area contributed by atoms with Crippen molar-refractivity contribution in [3.8, 4) is 5.75 Å². The molecule has 2 rings (SSSR count). The molecule has 3 heteroatoms. The molecule has 18 heavy (non-hydrogen) atoms. The molecular formula is C15H20N2O. The van der Waals surface area contributed by atoms with Crippen molar-refractivity contribution in [2.75, 3.05) is 13.7 Å². The molecule has 0 aliphatic carbocycles. The SMILES string of the molecule is COc1cc(C)cc(C)c1C(CN)c1cc[nH]c1. The summed E-state index contributed by atoms with van der Waals surface area (Å²) in [6.45, 7) is 4.76. The van der Waals surface area contributed by atoms with Crippen molar-refractivity contribution >= 4 is 0 Å². The zero-order valence-corrected chi connectivity index (χ0v) is 11.2. The Hall–Kier alpha value is -1.74. The van der Waals surface area contributed by atoms with Gasteiger partial charge in [0.05, 0.1) is 7.11 Å². The monoisotopic (exact) mass is 244 g/mol. The number of H-pyrrole nitrogens is 1. The smallest absolute Gasteiger partial charge is 0.123 e. The van der Waals surface area contributed by atoms with Crippen LogP contribution in [0.3, 0.4) is 0 Å². The van der Waals surface area contributed by atoms with Gasteiger partial charge in [-0.25, -0.2) is 0 Å². The number of nitrogens with one attached hydrogen (secondary N) is 1. The van der Waals surface area contributed by atoms with Gasteiger partial charge in [-0.2, -0.15) is 0 Å². The lowest BCUT2D eigenvalue weighted by atomic mass is 9.88. The number of methoxy groups -OCH3 is 1. The van der Waals surface area contributed by atoms with Crippen molar-refractivity contribution in [2.24, 2.45) is 5.73 Å². The minimum atomic E-state index is 0.173. The molecule has 3 N–H and O–H groups in total. The first-order valence-corrected chi connectivity index (χ1v) is 6.15. The number of aromatic amines is 1. The zero-order chi connectivity index (χ0) is 13.1. The lowest BCUT2D eigenvalue weighted by molar-refractivity contribution is 0.407. The Balaban J connectivity index is 2.55. The van der Waals surface area contributed by atoms with Crippen LogP contribution in [-0.4, -0.2) is 18.6 Å². The second-order valence-corrected chi connectivity index (χ2v) is 4.63. The minimum Gasteiger partial charge on any atom is -0.496 e. The first-order valence-electron chi connectivity index (χ1n) is 6.15. The molecule has 0 saturated heterocycles. The van der Waals surface area contributed by atoms with Crippen LogP contribution < -0.4 is 10.5 Å². The van der Waals surface area contributed by atoms with Crippen molar-refractivity contribution < 1.29 is 4.74 Å². The topological polar surface area (TPSA) is 51.0 Å². The predicted molar refractivity (Wildman–Crippen MR) is 74.2 cm³/mol. The fourth-order valence-corrected chi connectivity index (χ4v) is 2.53. The van der Waals surface area contributed by atoms with Gasteiger partial charge >= 0.3 is 0 Å². The zero-order valence-electron chi connectivity index (χ0n) is 11.2. The van der Waals surface area contributed by atoms with Gasteiger partial charge in [0.1, 0.15) is 5.75 Å². The highest BCUT2D eigenvalue weighted by Gasteiger charge is 2.19. The molecule has 2 aromatic rings. The van der Waals surface area contributed by atoms with E-state index in [0.29, 0.717) is 6.54 Å². The summed E-state index contributed by atoms with van der Waals surface area (Å²) >= 11 is 0. The van der Waals surface area contributed by atoms with Gasteiger partial charge in [0.25, 0.3) is 0 Å². The Bertz CT molecular complexity index is 518. The molecule has 0 amide bonds. The molecular weight excluding hydrogens is 224 g/mol. The third-order valence-corrected chi connectivity index (χ3v) is 3.32. The van der Waals surface area contributed by atoms with Crippen LogP contribution in [0.4, 0.5) is 0 Å². The Kier molecular flexibility index (Phi) is 3.72. The van der Waals surface area contributed by atoms with E-state index >= 15 is 0 Å². The van der Waals surface area contributed by atoms with Gasteiger partial charge in [-0.15, -0.1) is 0 Å². The third kappa shape index (κ3) is 2.27. The summed E-state index contributed by atoms with van der Waals surface area (Å²) in [6, 6.07) is 6.31. The van der Waals surface area contributed by atoms with Crippen molar-refractivity contribution in [1.82, 2.24) is 4.98 Å². The van der Waals surface area contributed by atoms with Gasteiger partial charge in [0, 0.05) is 30.4 Å². The average molecular weight is 244 g/mol. The van der Waals surface area contributed by atoms with E-state index in [1.165, 1.54) is 22.3 Å². The molecule has 0 saturated carbocycles. The Morgan fingerprint density at radius 3 is 2.67 bits per heavy atom. The molecule has 0 fully saturated rings. The number of ether oxygens (including phenoxy) is 1. The van der Waals surface area contributed by atoms with Crippen molar-refractivity contribution in [2.45, 2.75) is 19.8 Å². The summed E-state index contributed by atoms with van der Waals surface area (Å²) in [7, 11) is 1.71. The number of hydrogen-bond donors (Lipinski definition) is 2. The van der Waals surface area contributed by atoms with Crippen molar-refractivity contribution in [1.29, 1.82) is 0 Å². The second-order valence-electron chi connectivity index (χ2n) is 4.63. The first-order chi connectivity index (χ1) is 8.67. The lowest BCUT2D eigenvalue weighted by Gasteiger charge is -2.20. The van der Waals surface area contributed by atoms with Gasteiger partial charge in [-0.05, 0) is 42.7 Å². The number of aryl methyl sites for hydroxylation is 2. The quantitative estimate of drug-likeness (QED) is 0.868. The first kappa shape index (κ1) is 12.7. The highest BCUT2D eigenvalue weighted by molar-refractivity contribution is 5.49. The summed E-state index contributed by atoms with van der Waals surface area (Å²) in [4.78, 5) is 3.09. The summed E-state index contributed by atoms with van der Waals surface area (Å²) < 4.78 is 5.52. The van der Waals surface area contributed by atoms with E-state index in [0.717, 1.165) is 5.75 Å². The molecule has 3 nitrogen and oxygen atoms in total. The van der Waals surface area contributed by atoms with E-state index in [-0.39, 0.29) is 5.92 Å². The molecule has 96 valence electrons. The standard InChI is InChI=1S/C15H20N2O/c1-10-6-11(2)15(14(7-10)18-3)13(8-16)12-4-5-17-9-12/h4-7,9,13,17H,8,16H2,1-3H3. The van der Waals surface area contributed by atoms with Crippen LogP contribution in [0, 0.1) is 13.8 Å². The normalized spacial score (nSPS) is 12.4. The Morgan fingerprint density at radius 2 is 2.11 bits per heavy atom. The summed E-state index contributed by atoms with van der Waals surface area (Å²) in [5.74, 6) is 1.09. The minimum absolute atomic E-state index is 0.173. The highest BCUT2D eigenvalue weighted by atomic mass is 16.5. The van der Waals surface area contributed by atoms with Crippen molar-refractivity contribution in [3.05, 3.63) is 52.8 Å². The maximum Gasteiger partial charge on any atom is 0.123 e. The molecule has 0 spiro atoms. The van der Waals surface area contributed by atoms with E-state index in [4.69, 9.17) is 10.5 Å². The third-order valence-electron chi connectivity index (χ3n) is 3.32. The highest BCUT2D eigenvalue weighted by Crippen LogP contribution is 2.34. The van der Waals surface area contributed by atoms with Crippen LogP contribution in [0.2, 0.25) is 0 Å².